The first-order chi connectivity index (χ1) is 8.35. The SMILES string of the molecule is CC(C)c1nc(Cl)cc(NC2C=CS(=O)(=O)C2)n1. The van der Waals surface area contributed by atoms with Crippen LogP contribution in [0.1, 0.15) is 25.6 Å². The second-order valence-corrected chi connectivity index (χ2v) is 6.82. The Balaban J connectivity index is 2.18. The summed E-state index contributed by atoms with van der Waals surface area (Å²) in [7, 11) is -3.07. The van der Waals surface area contributed by atoms with Gasteiger partial charge in [-0.15, -0.1) is 0 Å². The predicted octanol–water partition coefficient (Wildman–Crippen LogP) is 1.98. The molecule has 1 aliphatic heterocycles. The third-order valence-electron chi connectivity index (χ3n) is 2.49. The van der Waals surface area contributed by atoms with Crippen LogP contribution in [0.15, 0.2) is 17.6 Å². The van der Waals surface area contributed by atoms with Gasteiger partial charge in [-0.1, -0.05) is 25.4 Å². The minimum atomic E-state index is -3.07. The van der Waals surface area contributed by atoms with Crippen molar-refractivity contribution in [1.82, 2.24) is 9.97 Å². The van der Waals surface area contributed by atoms with Gasteiger partial charge in [0.25, 0.3) is 0 Å². The summed E-state index contributed by atoms with van der Waals surface area (Å²) < 4.78 is 22.6. The maximum atomic E-state index is 11.3. The van der Waals surface area contributed by atoms with E-state index in [-0.39, 0.29) is 17.7 Å². The smallest absolute Gasteiger partial charge is 0.173 e. The first kappa shape index (κ1) is 13.3. The average Bonchev–Trinajstić information content (AvgIpc) is 2.57. The summed E-state index contributed by atoms with van der Waals surface area (Å²) in [5, 5.41) is 4.60. The van der Waals surface area contributed by atoms with Gasteiger partial charge in [-0.05, 0) is 6.08 Å². The summed E-state index contributed by atoms with van der Waals surface area (Å²) in [4.78, 5) is 8.42. The van der Waals surface area contributed by atoms with Crippen molar-refractivity contribution in [3.05, 3.63) is 28.5 Å². The first-order valence-corrected chi connectivity index (χ1v) is 7.67. The zero-order valence-electron chi connectivity index (χ0n) is 10.1. The Bertz CT molecular complexity index is 584. The van der Waals surface area contributed by atoms with Crippen molar-refractivity contribution in [3.8, 4) is 0 Å². The topological polar surface area (TPSA) is 72.0 Å². The van der Waals surface area contributed by atoms with E-state index in [1.54, 1.807) is 12.1 Å². The summed E-state index contributed by atoms with van der Waals surface area (Å²) in [5.74, 6) is 1.39. The lowest BCUT2D eigenvalue weighted by molar-refractivity contribution is 0.605. The van der Waals surface area contributed by atoms with Gasteiger partial charge < -0.3 is 5.32 Å². The molecule has 1 aliphatic rings. The second kappa shape index (κ2) is 4.85. The maximum Gasteiger partial charge on any atom is 0.173 e. The number of sulfone groups is 1. The van der Waals surface area contributed by atoms with Crippen LogP contribution in [0.3, 0.4) is 0 Å². The second-order valence-electron chi connectivity index (χ2n) is 4.50. The molecule has 2 heterocycles. The molecule has 0 fully saturated rings. The Hall–Kier alpha value is -1.14. The number of hydrogen-bond acceptors (Lipinski definition) is 5. The van der Waals surface area contributed by atoms with Crippen molar-refractivity contribution in [2.24, 2.45) is 0 Å². The Morgan fingerprint density at radius 2 is 2.17 bits per heavy atom. The summed E-state index contributed by atoms with van der Waals surface area (Å²) in [6.45, 7) is 3.94. The number of anilines is 1. The van der Waals surface area contributed by atoms with Crippen molar-refractivity contribution < 1.29 is 8.42 Å². The quantitative estimate of drug-likeness (QED) is 0.861. The molecule has 0 saturated heterocycles. The van der Waals surface area contributed by atoms with Gasteiger partial charge in [0.1, 0.15) is 16.8 Å². The molecule has 1 atom stereocenters. The molecule has 0 spiro atoms. The number of hydrogen-bond donors (Lipinski definition) is 1. The Morgan fingerprint density at radius 3 is 2.72 bits per heavy atom. The molecule has 0 aliphatic carbocycles. The van der Waals surface area contributed by atoms with Crippen LogP contribution < -0.4 is 5.32 Å². The molecule has 2 rings (SSSR count). The van der Waals surface area contributed by atoms with Gasteiger partial charge in [0.15, 0.2) is 9.84 Å². The summed E-state index contributed by atoms with van der Waals surface area (Å²) in [5.41, 5.74) is 0. The summed E-state index contributed by atoms with van der Waals surface area (Å²) in [6.07, 6.45) is 1.61. The predicted molar refractivity (Wildman–Crippen MR) is 71.5 cm³/mol. The van der Waals surface area contributed by atoms with Crippen LogP contribution >= 0.6 is 11.6 Å². The fraction of sp³-hybridized carbons (Fsp3) is 0.455. The van der Waals surface area contributed by atoms with E-state index in [0.29, 0.717) is 16.8 Å². The minimum Gasteiger partial charge on any atom is -0.363 e. The Labute approximate surface area is 111 Å². The van der Waals surface area contributed by atoms with Crippen LogP contribution in [0.5, 0.6) is 0 Å². The molecule has 1 unspecified atom stereocenters. The van der Waals surface area contributed by atoms with Gasteiger partial charge in [0, 0.05) is 17.4 Å². The van der Waals surface area contributed by atoms with E-state index in [2.05, 4.69) is 15.3 Å². The van der Waals surface area contributed by atoms with Crippen LogP contribution in [0.25, 0.3) is 0 Å². The van der Waals surface area contributed by atoms with E-state index >= 15 is 0 Å². The van der Waals surface area contributed by atoms with Gasteiger partial charge in [-0.3, -0.25) is 0 Å². The molecule has 18 heavy (non-hydrogen) atoms. The van der Waals surface area contributed by atoms with Gasteiger partial charge in [-0.25, -0.2) is 18.4 Å². The molecule has 0 radical (unpaired) electrons. The molecule has 7 heteroatoms. The highest BCUT2D eigenvalue weighted by atomic mass is 35.5. The summed E-state index contributed by atoms with van der Waals surface area (Å²) in [6, 6.07) is 1.33. The lowest BCUT2D eigenvalue weighted by Crippen LogP contribution is -2.22. The van der Waals surface area contributed by atoms with E-state index in [9.17, 15) is 8.42 Å². The molecule has 98 valence electrons. The van der Waals surface area contributed by atoms with E-state index in [1.165, 1.54) is 5.41 Å². The van der Waals surface area contributed by atoms with Crippen LogP contribution in [0, 0.1) is 0 Å². The molecule has 0 bridgehead atoms. The van der Waals surface area contributed by atoms with E-state index < -0.39 is 9.84 Å². The van der Waals surface area contributed by atoms with E-state index in [1.807, 2.05) is 13.8 Å². The monoisotopic (exact) mass is 287 g/mol. The van der Waals surface area contributed by atoms with E-state index in [0.717, 1.165) is 0 Å². The molecule has 1 aromatic heterocycles. The molecular formula is C11H14ClN3O2S. The van der Waals surface area contributed by atoms with Crippen LogP contribution in [-0.2, 0) is 9.84 Å². The normalized spacial score (nSPS) is 21.4. The van der Waals surface area contributed by atoms with Gasteiger partial charge in [-0.2, -0.15) is 0 Å². The third-order valence-corrected chi connectivity index (χ3v) is 4.08. The zero-order chi connectivity index (χ0) is 13.3. The van der Waals surface area contributed by atoms with Crippen LogP contribution in [-0.4, -0.2) is 30.2 Å². The van der Waals surface area contributed by atoms with Crippen LogP contribution in [0.2, 0.25) is 5.15 Å². The zero-order valence-corrected chi connectivity index (χ0v) is 11.7. The fourth-order valence-corrected chi connectivity index (χ4v) is 3.05. The summed E-state index contributed by atoms with van der Waals surface area (Å²) >= 11 is 5.91. The van der Waals surface area contributed by atoms with Crippen molar-refractivity contribution >= 4 is 27.3 Å². The molecule has 1 N–H and O–H groups in total. The molecule has 5 nitrogen and oxygen atoms in total. The lowest BCUT2D eigenvalue weighted by atomic mass is 10.2. The number of rotatable bonds is 3. The standard InChI is InChI=1S/C11H14ClN3O2S/c1-7(2)11-14-9(12)5-10(15-11)13-8-3-4-18(16,17)6-8/h3-5,7-8H,6H2,1-2H3,(H,13,14,15). The average molecular weight is 288 g/mol. The van der Waals surface area contributed by atoms with E-state index in [4.69, 9.17) is 11.6 Å². The molecule has 0 saturated carbocycles. The highest BCUT2D eigenvalue weighted by Gasteiger charge is 2.22. The van der Waals surface area contributed by atoms with Gasteiger partial charge >= 0.3 is 0 Å². The maximum absolute atomic E-state index is 11.3. The Morgan fingerprint density at radius 1 is 1.44 bits per heavy atom. The molecular weight excluding hydrogens is 274 g/mol. The highest BCUT2D eigenvalue weighted by molar-refractivity contribution is 7.94. The van der Waals surface area contributed by atoms with Crippen LogP contribution in [0.4, 0.5) is 5.82 Å². The number of nitrogens with one attached hydrogen (secondary N) is 1. The van der Waals surface area contributed by atoms with Gasteiger partial charge in [0.05, 0.1) is 11.8 Å². The largest absolute Gasteiger partial charge is 0.363 e. The number of nitrogens with zero attached hydrogens (tertiary/aromatic N) is 2. The van der Waals surface area contributed by atoms with Gasteiger partial charge in [0.2, 0.25) is 0 Å². The van der Waals surface area contributed by atoms with Crippen molar-refractivity contribution in [2.75, 3.05) is 11.1 Å². The minimum absolute atomic E-state index is 0.0473. The molecule has 0 amide bonds. The number of halogens is 1. The third kappa shape index (κ3) is 3.20. The first-order valence-electron chi connectivity index (χ1n) is 5.58. The molecule has 0 aromatic carbocycles. The molecule has 1 aromatic rings. The number of aromatic nitrogens is 2. The fourth-order valence-electron chi connectivity index (χ4n) is 1.62. The lowest BCUT2D eigenvalue weighted by Gasteiger charge is -2.12. The van der Waals surface area contributed by atoms with Crippen molar-refractivity contribution in [3.63, 3.8) is 0 Å². The van der Waals surface area contributed by atoms with Crippen molar-refractivity contribution in [1.29, 1.82) is 0 Å². The Kier molecular flexibility index (Phi) is 3.59. The van der Waals surface area contributed by atoms with Crippen molar-refractivity contribution in [2.45, 2.75) is 25.8 Å². The highest BCUT2D eigenvalue weighted by Crippen LogP contribution is 2.19.